The van der Waals surface area contributed by atoms with Crippen molar-refractivity contribution in [2.24, 2.45) is 0 Å². The Kier molecular flexibility index (Phi) is 5.91. The van der Waals surface area contributed by atoms with E-state index in [1.165, 1.54) is 23.9 Å². The Balaban J connectivity index is 2.57. The van der Waals surface area contributed by atoms with Crippen LogP contribution in [0.2, 0.25) is 5.02 Å². The van der Waals surface area contributed by atoms with Crippen molar-refractivity contribution in [3.05, 3.63) is 34.6 Å². The van der Waals surface area contributed by atoms with Crippen molar-refractivity contribution in [1.82, 2.24) is 5.32 Å². The Morgan fingerprint density at radius 1 is 1.61 bits per heavy atom. The molecule has 0 fully saturated rings. The lowest BCUT2D eigenvalue weighted by atomic mass is 10.1. The van der Waals surface area contributed by atoms with E-state index in [-0.39, 0.29) is 22.7 Å². The molecular formula is C12H15ClFNO2S. The van der Waals surface area contributed by atoms with Gasteiger partial charge in [0, 0.05) is 6.54 Å². The van der Waals surface area contributed by atoms with Gasteiger partial charge in [0.15, 0.2) is 0 Å². The van der Waals surface area contributed by atoms with E-state index < -0.39 is 11.9 Å². The number of rotatable bonds is 5. The standard InChI is InChI=1S/C12H15ClFNO2S/c1-7(18-2)12(17)15-6-11(16)8-3-4-9(13)10(14)5-8/h3-5,7,11,16H,6H2,1-2H3,(H,15,17). The number of amides is 1. The van der Waals surface area contributed by atoms with Crippen LogP contribution >= 0.6 is 23.4 Å². The van der Waals surface area contributed by atoms with Gasteiger partial charge in [-0.1, -0.05) is 17.7 Å². The maximum Gasteiger partial charge on any atom is 0.232 e. The molecule has 2 N–H and O–H groups in total. The molecule has 0 aliphatic heterocycles. The summed E-state index contributed by atoms with van der Waals surface area (Å²) in [6, 6.07) is 4.07. The van der Waals surface area contributed by atoms with Gasteiger partial charge in [0.1, 0.15) is 5.82 Å². The lowest BCUT2D eigenvalue weighted by Crippen LogP contribution is -2.34. The van der Waals surface area contributed by atoms with E-state index in [4.69, 9.17) is 11.6 Å². The molecular weight excluding hydrogens is 277 g/mol. The Morgan fingerprint density at radius 3 is 2.83 bits per heavy atom. The van der Waals surface area contributed by atoms with E-state index in [2.05, 4.69) is 5.32 Å². The minimum Gasteiger partial charge on any atom is -0.387 e. The molecule has 6 heteroatoms. The van der Waals surface area contributed by atoms with Crippen LogP contribution in [0.1, 0.15) is 18.6 Å². The summed E-state index contributed by atoms with van der Waals surface area (Å²) in [7, 11) is 0. The molecule has 0 saturated carbocycles. The maximum absolute atomic E-state index is 13.2. The normalized spacial score (nSPS) is 14.1. The summed E-state index contributed by atoms with van der Waals surface area (Å²) in [5, 5.41) is 12.2. The number of aliphatic hydroxyl groups is 1. The number of hydrogen-bond donors (Lipinski definition) is 2. The summed E-state index contributed by atoms with van der Waals surface area (Å²) in [6.45, 7) is 1.82. The minimum atomic E-state index is -0.949. The SMILES string of the molecule is CSC(C)C(=O)NCC(O)c1ccc(Cl)c(F)c1. The molecule has 0 heterocycles. The molecule has 18 heavy (non-hydrogen) atoms. The molecule has 0 saturated heterocycles. The fourth-order valence-electron chi connectivity index (χ4n) is 1.29. The molecule has 1 aromatic carbocycles. The third-order valence-electron chi connectivity index (χ3n) is 2.52. The van der Waals surface area contributed by atoms with Crippen LogP contribution in [0, 0.1) is 5.82 Å². The highest BCUT2D eigenvalue weighted by molar-refractivity contribution is 7.99. The summed E-state index contributed by atoms with van der Waals surface area (Å²) in [6.07, 6.45) is 0.879. The quantitative estimate of drug-likeness (QED) is 0.876. The van der Waals surface area contributed by atoms with Gasteiger partial charge in [-0.25, -0.2) is 4.39 Å². The molecule has 2 atom stereocenters. The molecule has 0 aromatic heterocycles. The van der Waals surface area contributed by atoms with E-state index in [1.54, 1.807) is 6.92 Å². The zero-order valence-corrected chi connectivity index (χ0v) is 11.7. The molecule has 0 aliphatic rings. The monoisotopic (exact) mass is 291 g/mol. The number of carbonyl (C=O) groups excluding carboxylic acids is 1. The average molecular weight is 292 g/mol. The smallest absolute Gasteiger partial charge is 0.232 e. The van der Waals surface area contributed by atoms with Crippen molar-refractivity contribution < 1.29 is 14.3 Å². The van der Waals surface area contributed by atoms with Crippen LogP contribution < -0.4 is 5.32 Å². The number of aliphatic hydroxyl groups excluding tert-OH is 1. The van der Waals surface area contributed by atoms with Crippen LogP contribution in [0.3, 0.4) is 0 Å². The van der Waals surface area contributed by atoms with Gasteiger partial charge in [-0.2, -0.15) is 11.8 Å². The fraction of sp³-hybridized carbons (Fsp3) is 0.417. The van der Waals surface area contributed by atoms with Crippen LogP contribution in [-0.2, 0) is 4.79 Å². The van der Waals surface area contributed by atoms with Crippen LogP contribution in [0.25, 0.3) is 0 Å². The highest BCUT2D eigenvalue weighted by Gasteiger charge is 2.14. The Morgan fingerprint density at radius 2 is 2.28 bits per heavy atom. The van der Waals surface area contributed by atoms with Crippen LogP contribution in [-0.4, -0.2) is 29.1 Å². The van der Waals surface area contributed by atoms with Crippen molar-refractivity contribution in [3.8, 4) is 0 Å². The van der Waals surface area contributed by atoms with Gasteiger partial charge in [-0.3, -0.25) is 4.79 Å². The summed E-state index contributed by atoms with van der Waals surface area (Å²) in [5.41, 5.74) is 0.383. The minimum absolute atomic E-state index is 0.00555. The van der Waals surface area contributed by atoms with Gasteiger partial charge in [-0.15, -0.1) is 0 Å². The van der Waals surface area contributed by atoms with E-state index in [1.807, 2.05) is 6.26 Å². The first-order valence-electron chi connectivity index (χ1n) is 5.39. The first-order valence-corrected chi connectivity index (χ1v) is 7.05. The topological polar surface area (TPSA) is 49.3 Å². The van der Waals surface area contributed by atoms with E-state index in [0.29, 0.717) is 5.56 Å². The molecule has 2 unspecified atom stereocenters. The molecule has 1 rings (SSSR count). The molecule has 0 aliphatic carbocycles. The Labute approximate surface area is 115 Å². The maximum atomic E-state index is 13.2. The van der Waals surface area contributed by atoms with Crippen LogP contribution in [0.15, 0.2) is 18.2 Å². The largest absolute Gasteiger partial charge is 0.387 e. The van der Waals surface area contributed by atoms with Gasteiger partial charge in [0.05, 0.1) is 16.4 Å². The summed E-state index contributed by atoms with van der Waals surface area (Å²) < 4.78 is 13.2. The zero-order valence-electron chi connectivity index (χ0n) is 10.1. The van der Waals surface area contributed by atoms with Crippen LogP contribution in [0.4, 0.5) is 4.39 Å². The highest BCUT2D eigenvalue weighted by atomic mass is 35.5. The fourth-order valence-corrected chi connectivity index (χ4v) is 1.70. The number of hydrogen-bond acceptors (Lipinski definition) is 3. The lowest BCUT2D eigenvalue weighted by molar-refractivity contribution is -0.120. The second-order valence-corrected chi connectivity index (χ2v) is 5.40. The number of halogens is 2. The molecule has 0 radical (unpaired) electrons. The molecule has 1 amide bonds. The zero-order chi connectivity index (χ0) is 13.7. The molecule has 3 nitrogen and oxygen atoms in total. The van der Waals surface area contributed by atoms with Crippen molar-refractivity contribution in [2.75, 3.05) is 12.8 Å². The molecule has 100 valence electrons. The van der Waals surface area contributed by atoms with Gasteiger partial charge in [-0.05, 0) is 30.9 Å². The van der Waals surface area contributed by atoms with Gasteiger partial charge < -0.3 is 10.4 Å². The third kappa shape index (κ3) is 4.15. The Bertz CT molecular complexity index is 431. The molecule has 0 bridgehead atoms. The summed E-state index contributed by atoms with van der Waals surface area (Å²) in [5.74, 6) is -0.743. The predicted molar refractivity (Wildman–Crippen MR) is 72.4 cm³/mol. The second-order valence-electron chi connectivity index (χ2n) is 3.81. The number of nitrogens with one attached hydrogen (secondary N) is 1. The molecule has 1 aromatic rings. The first-order chi connectivity index (χ1) is 8.45. The predicted octanol–water partition coefficient (Wildman–Crippen LogP) is 2.38. The Hall–Kier alpha value is -0.780. The van der Waals surface area contributed by atoms with Crippen molar-refractivity contribution in [2.45, 2.75) is 18.3 Å². The second kappa shape index (κ2) is 6.97. The van der Waals surface area contributed by atoms with Crippen molar-refractivity contribution >= 4 is 29.3 Å². The van der Waals surface area contributed by atoms with Gasteiger partial charge in [0.25, 0.3) is 0 Å². The third-order valence-corrected chi connectivity index (χ3v) is 3.75. The lowest BCUT2D eigenvalue weighted by Gasteiger charge is -2.14. The van der Waals surface area contributed by atoms with Gasteiger partial charge in [0.2, 0.25) is 5.91 Å². The van der Waals surface area contributed by atoms with Crippen molar-refractivity contribution in [3.63, 3.8) is 0 Å². The summed E-state index contributed by atoms with van der Waals surface area (Å²) >= 11 is 6.96. The number of benzene rings is 1. The van der Waals surface area contributed by atoms with Crippen LogP contribution in [0.5, 0.6) is 0 Å². The number of thioether (sulfide) groups is 1. The van der Waals surface area contributed by atoms with Gasteiger partial charge >= 0.3 is 0 Å². The summed E-state index contributed by atoms with van der Waals surface area (Å²) in [4.78, 5) is 11.5. The average Bonchev–Trinajstić information content (AvgIpc) is 2.37. The first kappa shape index (κ1) is 15.3. The number of carbonyl (C=O) groups is 1. The highest BCUT2D eigenvalue weighted by Crippen LogP contribution is 2.20. The van der Waals surface area contributed by atoms with Crippen molar-refractivity contribution in [1.29, 1.82) is 0 Å². The van der Waals surface area contributed by atoms with E-state index >= 15 is 0 Å². The molecule has 0 spiro atoms. The van der Waals surface area contributed by atoms with E-state index in [9.17, 15) is 14.3 Å². The van der Waals surface area contributed by atoms with E-state index in [0.717, 1.165) is 6.07 Å².